The Balaban J connectivity index is 1.88. The average Bonchev–Trinajstić information content (AvgIpc) is 2.83. The second kappa shape index (κ2) is 10.4. The van der Waals surface area contributed by atoms with Gasteiger partial charge in [-0.3, -0.25) is 19.2 Å². The lowest BCUT2D eigenvalue weighted by atomic mass is 9.59. The molecule has 0 bridgehead atoms. The summed E-state index contributed by atoms with van der Waals surface area (Å²) in [6.45, 7) is 9.66. The van der Waals surface area contributed by atoms with Gasteiger partial charge in [-0.2, -0.15) is 0 Å². The molecule has 3 aliphatic carbocycles. The van der Waals surface area contributed by atoms with Crippen molar-refractivity contribution in [2.24, 2.45) is 28.9 Å². The molecular weight excluding hydrogens is 542 g/mol. The van der Waals surface area contributed by atoms with Crippen LogP contribution in [0.5, 0.6) is 5.75 Å². The molecule has 1 saturated carbocycles. The third-order valence-electron chi connectivity index (χ3n) is 8.55. The van der Waals surface area contributed by atoms with Crippen molar-refractivity contribution in [1.29, 1.82) is 0 Å². The number of aliphatic hydroxyl groups is 3. The second-order valence-corrected chi connectivity index (χ2v) is 13.5. The van der Waals surface area contributed by atoms with E-state index < -0.39 is 58.0 Å². The Morgan fingerprint density at radius 1 is 1.14 bits per heavy atom. The van der Waals surface area contributed by atoms with E-state index in [4.69, 9.17) is 5.73 Å². The van der Waals surface area contributed by atoms with Gasteiger partial charge in [0.05, 0.1) is 17.3 Å². The van der Waals surface area contributed by atoms with Gasteiger partial charge in [0.1, 0.15) is 22.8 Å². The first kappa shape index (κ1) is 31.1. The summed E-state index contributed by atoms with van der Waals surface area (Å²) in [5.74, 6) is -7.00. The minimum atomic E-state index is -2.63. The molecule has 1 unspecified atom stereocenters. The predicted octanol–water partition coefficient (Wildman–Crippen LogP) is 2.93. The van der Waals surface area contributed by atoms with Crippen molar-refractivity contribution in [2.75, 3.05) is 24.3 Å². The molecule has 228 valence electrons. The first-order valence-corrected chi connectivity index (χ1v) is 14.1. The zero-order valence-electron chi connectivity index (χ0n) is 25.2. The van der Waals surface area contributed by atoms with Crippen LogP contribution in [0.4, 0.5) is 11.4 Å². The molecular formula is C31H41N3O8. The van der Waals surface area contributed by atoms with E-state index in [1.165, 1.54) is 0 Å². The number of anilines is 2. The van der Waals surface area contributed by atoms with E-state index in [2.05, 4.69) is 5.32 Å². The van der Waals surface area contributed by atoms with E-state index >= 15 is 0 Å². The maximum Gasteiger partial charge on any atom is 0.255 e. The van der Waals surface area contributed by atoms with Crippen molar-refractivity contribution in [1.82, 2.24) is 0 Å². The topological polar surface area (TPSA) is 190 Å². The smallest absolute Gasteiger partial charge is 0.255 e. The van der Waals surface area contributed by atoms with Crippen molar-refractivity contribution in [3.63, 3.8) is 0 Å². The summed E-state index contributed by atoms with van der Waals surface area (Å²) in [4.78, 5) is 53.4. The third kappa shape index (κ3) is 4.93. The number of nitrogens with one attached hydrogen (secondary N) is 1. The van der Waals surface area contributed by atoms with Gasteiger partial charge in [0.25, 0.3) is 5.91 Å². The SMILES string of the molecule is CC(C)C(Nc1cc(N(C)C)c2c(c1O)C(O)=C1C(=O)[C@]3(O)C(O)=C(C(N)=O)C(=O)C[C@@H]3C[C@@H]1C2)C(=O)CC(C)(C)C. The largest absolute Gasteiger partial charge is 0.508 e. The van der Waals surface area contributed by atoms with Crippen molar-refractivity contribution < 1.29 is 39.6 Å². The monoisotopic (exact) mass is 583 g/mol. The van der Waals surface area contributed by atoms with E-state index in [-0.39, 0.29) is 59.0 Å². The number of amides is 1. The molecule has 1 aromatic rings. The van der Waals surface area contributed by atoms with Gasteiger partial charge < -0.3 is 36.4 Å². The summed E-state index contributed by atoms with van der Waals surface area (Å²) >= 11 is 0. The summed E-state index contributed by atoms with van der Waals surface area (Å²) in [5.41, 5.74) is 2.67. The molecule has 11 nitrogen and oxygen atoms in total. The highest BCUT2D eigenvalue weighted by Crippen LogP contribution is 2.54. The number of carbonyl (C=O) groups excluding carboxylic acids is 4. The number of aromatic hydroxyl groups is 1. The number of benzene rings is 1. The molecule has 0 aromatic heterocycles. The minimum absolute atomic E-state index is 0.0263. The minimum Gasteiger partial charge on any atom is -0.508 e. The van der Waals surface area contributed by atoms with Gasteiger partial charge >= 0.3 is 0 Å². The lowest BCUT2D eigenvalue weighted by molar-refractivity contribution is -0.147. The second-order valence-electron chi connectivity index (χ2n) is 13.5. The van der Waals surface area contributed by atoms with Crippen LogP contribution in [0.15, 0.2) is 23.0 Å². The summed E-state index contributed by atoms with van der Waals surface area (Å²) in [5, 5.41) is 48.5. The molecule has 1 aromatic carbocycles. The summed E-state index contributed by atoms with van der Waals surface area (Å²) in [6.07, 6.45) is 0.155. The maximum absolute atomic E-state index is 13.8. The molecule has 4 atom stereocenters. The lowest BCUT2D eigenvalue weighted by Crippen LogP contribution is -2.58. The Morgan fingerprint density at radius 2 is 1.76 bits per heavy atom. The van der Waals surface area contributed by atoms with Crippen molar-refractivity contribution in [3.8, 4) is 5.75 Å². The number of ketones is 3. The highest BCUT2D eigenvalue weighted by molar-refractivity contribution is 6.22. The van der Waals surface area contributed by atoms with Crippen LogP contribution < -0.4 is 16.0 Å². The maximum atomic E-state index is 13.8. The Morgan fingerprint density at radius 3 is 2.29 bits per heavy atom. The number of phenols is 1. The Kier molecular flexibility index (Phi) is 7.73. The van der Waals surface area contributed by atoms with Crippen LogP contribution in [0.1, 0.15) is 65.0 Å². The van der Waals surface area contributed by atoms with Gasteiger partial charge in [-0.1, -0.05) is 34.6 Å². The molecule has 42 heavy (non-hydrogen) atoms. The summed E-state index contributed by atoms with van der Waals surface area (Å²) in [6, 6.07) is 1.05. The molecule has 0 saturated heterocycles. The Bertz CT molecular complexity index is 1450. The first-order valence-electron chi connectivity index (χ1n) is 14.1. The molecule has 11 heteroatoms. The van der Waals surface area contributed by atoms with E-state index in [9.17, 15) is 39.6 Å². The number of aliphatic hydroxyl groups excluding tert-OH is 2. The molecule has 7 N–H and O–H groups in total. The fourth-order valence-electron chi connectivity index (χ4n) is 6.60. The van der Waals surface area contributed by atoms with Crippen LogP contribution in [0.2, 0.25) is 0 Å². The highest BCUT2D eigenvalue weighted by Gasteiger charge is 2.60. The number of carbonyl (C=O) groups is 4. The van der Waals surface area contributed by atoms with Gasteiger partial charge in [-0.05, 0) is 41.7 Å². The molecule has 3 aliphatic rings. The standard InChI is InChI=1S/C31H41N3O8/c1-13(2)24(20(36)12-30(3,4)5)33-17-11-18(34(6)7)16-9-14-8-15-10-19(35)23(29(32)41)28(40)31(15,42)27(39)21(14)26(38)22(16)25(17)37/h11,13-15,24,33,37-38,40,42H,8-10,12H2,1-7H3,(H2,32,41)/t14-,15+,24?,31+/m1/s1. The van der Waals surface area contributed by atoms with Gasteiger partial charge in [-0.15, -0.1) is 0 Å². The zero-order chi connectivity index (χ0) is 31.6. The number of fused-ring (bicyclic) bond motifs is 3. The molecule has 1 fully saturated rings. The van der Waals surface area contributed by atoms with Gasteiger partial charge in [0, 0.05) is 44.1 Å². The third-order valence-corrected chi connectivity index (χ3v) is 8.55. The number of nitrogens with two attached hydrogens (primary N) is 1. The molecule has 0 heterocycles. The van der Waals surface area contributed by atoms with Crippen molar-refractivity contribution in [3.05, 3.63) is 34.1 Å². The van der Waals surface area contributed by atoms with Gasteiger partial charge in [-0.25, -0.2) is 0 Å². The van der Waals surface area contributed by atoms with Crippen molar-refractivity contribution >= 4 is 40.4 Å². The quantitative estimate of drug-likeness (QED) is 0.205. The summed E-state index contributed by atoms with van der Waals surface area (Å²) in [7, 11) is 3.58. The number of phenolic OH excluding ortho intramolecular Hbond substituents is 1. The Hall–Kier alpha value is -3.86. The number of hydrogen-bond donors (Lipinski definition) is 6. The molecule has 4 rings (SSSR count). The van der Waals surface area contributed by atoms with Crippen LogP contribution >= 0.6 is 0 Å². The van der Waals surface area contributed by atoms with Crippen molar-refractivity contribution in [2.45, 2.75) is 71.9 Å². The highest BCUT2D eigenvalue weighted by atomic mass is 16.3. The van der Waals surface area contributed by atoms with E-state index in [0.717, 1.165) is 0 Å². The molecule has 1 amide bonds. The van der Waals surface area contributed by atoms with E-state index in [0.29, 0.717) is 17.7 Å². The normalized spacial score (nSPS) is 24.7. The fourth-order valence-corrected chi connectivity index (χ4v) is 6.60. The van der Waals surface area contributed by atoms with Gasteiger partial charge in [0.2, 0.25) is 5.78 Å². The Labute approximate surface area is 245 Å². The lowest BCUT2D eigenvalue weighted by Gasteiger charge is -2.46. The summed E-state index contributed by atoms with van der Waals surface area (Å²) < 4.78 is 0. The number of nitrogens with zero attached hydrogens (tertiary/aromatic N) is 1. The molecule has 0 aliphatic heterocycles. The molecule has 0 radical (unpaired) electrons. The van der Waals surface area contributed by atoms with Crippen LogP contribution in [0, 0.1) is 23.2 Å². The number of rotatable bonds is 7. The van der Waals surface area contributed by atoms with E-state index in [1.54, 1.807) is 25.1 Å². The molecule has 0 spiro atoms. The average molecular weight is 584 g/mol. The van der Waals surface area contributed by atoms with Crippen LogP contribution in [0.3, 0.4) is 0 Å². The van der Waals surface area contributed by atoms with Crippen LogP contribution in [0.25, 0.3) is 5.76 Å². The fraction of sp³-hybridized carbons (Fsp3) is 0.548. The van der Waals surface area contributed by atoms with Gasteiger partial charge in [0.15, 0.2) is 17.2 Å². The van der Waals surface area contributed by atoms with Crippen LogP contribution in [-0.4, -0.2) is 69.4 Å². The number of hydrogen-bond acceptors (Lipinski definition) is 10. The number of Topliss-reactive ketones (excluding diaryl/α,β-unsaturated/α-hetero) is 3. The zero-order valence-corrected chi connectivity index (χ0v) is 25.2. The van der Waals surface area contributed by atoms with E-state index in [1.807, 2.05) is 34.6 Å². The predicted molar refractivity (Wildman–Crippen MR) is 157 cm³/mol. The first-order chi connectivity index (χ1) is 19.3. The number of primary amides is 1. The van der Waals surface area contributed by atoms with Crippen LogP contribution in [-0.2, 0) is 25.6 Å².